The minimum Gasteiger partial charge on any atom is -0.369 e. The second-order valence-corrected chi connectivity index (χ2v) is 9.87. The normalized spacial score (nSPS) is 14.8. The molecule has 31 heavy (non-hydrogen) atoms. The Balaban J connectivity index is 1.28. The summed E-state index contributed by atoms with van der Waals surface area (Å²) in [5.41, 5.74) is 3.38. The van der Waals surface area contributed by atoms with Crippen molar-refractivity contribution in [2.24, 2.45) is 0 Å². The Labute approximate surface area is 190 Å². The van der Waals surface area contributed by atoms with Crippen molar-refractivity contribution in [3.05, 3.63) is 71.1 Å². The Morgan fingerprint density at radius 1 is 0.968 bits per heavy atom. The fraction of sp³-hybridized carbons (Fsp3) is 0.250. The van der Waals surface area contributed by atoms with E-state index < -0.39 is 0 Å². The minimum atomic E-state index is -0.0365. The highest BCUT2D eigenvalue weighted by molar-refractivity contribution is 7.26. The zero-order valence-electron chi connectivity index (χ0n) is 17.4. The molecule has 1 amide bonds. The molecular formula is C24H24N4OS2. The van der Waals surface area contributed by atoms with Gasteiger partial charge in [0.05, 0.1) is 20.0 Å². The lowest BCUT2D eigenvalue weighted by Crippen LogP contribution is -2.45. The van der Waals surface area contributed by atoms with Gasteiger partial charge in [0.15, 0.2) is 0 Å². The first-order valence-electron chi connectivity index (χ1n) is 10.4. The number of para-hydroxylation sites is 2. The lowest BCUT2D eigenvalue weighted by molar-refractivity contribution is 0.0955. The number of aromatic nitrogens is 1. The van der Waals surface area contributed by atoms with Gasteiger partial charge in [0.1, 0.15) is 5.01 Å². The Hall–Kier alpha value is -2.74. The van der Waals surface area contributed by atoms with E-state index in [1.165, 1.54) is 17.0 Å². The number of fused-ring (bicyclic) bond motifs is 1. The van der Waals surface area contributed by atoms with Gasteiger partial charge in [-0.1, -0.05) is 30.3 Å². The molecule has 1 aliphatic rings. The number of thiophene rings is 1. The summed E-state index contributed by atoms with van der Waals surface area (Å²) in [5.74, 6) is -0.0365. The third kappa shape index (κ3) is 4.35. The van der Waals surface area contributed by atoms with E-state index in [1.807, 2.05) is 36.4 Å². The second-order valence-electron chi connectivity index (χ2n) is 7.75. The lowest BCUT2D eigenvalue weighted by atomic mass is 10.1. The van der Waals surface area contributed by atoms with E-state index in [0.717, 1.165) is 51.8 Å². The molecule has 5 rings (SSSR count). The van der Waals surface area contributed by atoms with E-state index in [1.54, 1.807) is 11.3 Å². The first kappa shape index (κ1) is 20.2. The van der Waals surface area contributed by atoms with Crippen LogP contribution in [0.4, 0.5) is 5.69 Å². The van der Waals surface area contributed by atoms with Gasteiger partial charge in [-0.15, -0.1) is 22.7 Å². The zero-order valence-corrected chi connectivity index (χ0v) is 19.0. The quantitative estimate of drug-likeness (QED) is 0.481. The van der Waals surface area contributed by atoms with Gasteiger partial charge in [0.25, 0.3) is 5.91 Å². The SMILES string of the molecule is CN1CCN(c2ccccc2CNC(=O)c2ccc(-c3nc4ccccc4s3)s2)CC1. The summed E-state index contributed by atoms with van der Waals surface area (Å²) >= 11 is 3.16. The second kappa shape index (κ2) is 8.78. The number of anilines is 1. The molecule has 0 saturated carbocycles. The van der Waals surface area contributed by atoms with Crippen LogP contribution in [0.5, 0.6) is 0 Å². The topological polar surface area (TPSA) is 48.5 Å². The third-order valence-corrected chi connectivity index (χ3v) is 7.90. The zero-order chi connectivity index (χ0) is 21.2. The number of piperazine rings is 1. The number of carbonyl (C=O) groups is 1. The molecule has 3 heterocycles. The highest BCUT2D eigenvalue weighted by Crippen LogP contribution is 2.34. The predicted molar refractivity (Wildman–Crippen MR) is 130 cm³/mol. The molecule has 0 radical (unpaired) electrons. The molecule has 0 bridgehead atoms. The first-order valence-corrected chi connectivity index (χ1v) is 12.1. The number of carbonyl (C=O) groups excluding carboxylic acids is 1. The van der Waals surface area contributed by atoms with Crippen LogP contribution in [0.2, 0.25) is 0 Å². The lowest BCUT2D eigenvalue weighted by Gasteiger charge is -2.35. The van der Waals surface area contributed by atoms with E-state index in [9.17, 15) is 4.79 Å². The largest absolute Gasteiger partial charge is 0.369 e. The van der Waals surface area contributed by atoms with E-state index in [2.05, 4.69) is 46.4 Å². The summed E-state index contributed by atoms with van der Waals surface area (Å²) in [4.78, 5) is 24.0. The molecule has 2 aromatic heterocycles. The highest BCUT2D eigenvalue weighted by atomic mass is 32.1. The molecule has 1 N–H and O–H groups in total. The maximum absolute atomic E-state index is 12.8. The summed E-state index contributed by atoms with van der Waals surface area (Å²) in [5, 5.41) is 4.08. The molecule has 1 aliphatic heterocycles. The van der Waals surface area contributed by atoms with Gasteiger partial charge in [-0.2, -0.15) is 0 Å². The molecule has 0 spiro atoms. The number of likely N-dealkylation sites (N-methyl/N-ethyl adjacent to an activating group) is 1. The van der Waals surface area contributed by atoms with Crippen LogP contribution < -0.4 is 10.2 Å². The van der Waals surface area contributed by atoms with Crippen LogP contribution in [-0.4, -0.2) is 49.0 Å². The van der Waals surface area contributed by atoms with Gasteiger partial charge in [0.2, 0.25) is 0 Å². The van der Waals surface area contributed by atoms with Crippen LogP contribution in [-0.2, 0) is 6.54 Å². The number of amides is 1. The van der Waals surface area contributed by atoms with Crippen molar-refractivity contribution >= 4 is 44.5 Å². The number of hydrogen-bond donors (Lipinski definition) is 1. The van der Waals surface area contributed by atoms with Crippen molar-refractivity contribution in [2.75, 3.05) is 38.1 Å². The number of rotatable bonds is 5. The van der Waals surface area contributed by atoms with Crippen molar-refractivity contribution < 1.29 is 4.79 Å². The summed E-state index contributed by atoms with van der Waals surface area (Å²) in [7, 11) is 2.16. The van der Waals surface area contributed by atoms with Crippen molar-refractivity contribution in [3.63, 3.8) is 0 Å². The van der Waals surface area contributed by atoms with E-state index in [-0.39, 0.29) is 5.91 Å². The number of benzene rings is 2. The van der Waals surface area contributed by atoms with E-state index in [0.29, 0.717) is 11.4 Å². The summed E-state index contributed by atoms with van der Waals surface area (Å²) in [6.45, 7) is 4.67. The van der Waals surface area contributed by atoms with E-state index in [4.69, 9.17) is 4.98 Å². The monoisotopic (exact) mass is 448 g/mol. The van der Waals surface area contributed by atoms with Crippen molar-refractivity contribution in [3.8, 4) is 9.88 Å². The van der Waals surface area contributed by atoms with Gasteiger partial charge in [-0.3, -0.25) is 4.79 Å². The predicted octanol–water partition coefficient (Wildman–Crippen LogP) is 4.71. The molecule has 5 nitrogen and oxygen atoms in total. The Kier molecular flexibility index (Phi) is 5.72. The summed E-state index contributed by atoms with van der Waals surface area (Å²) < 4.78 is 1.16. The first-order chi connectivity index (χ1) is 15.2. The Morgan fingerprint density at radius 2 is 1.74 bits per heavy atom. The van der Waals surface area contributed by atoms with Crippen LogP contribution in [0.15, 0.2) is 60.7 Å². The molecular weight excluding hydrogens is 424 g/mol. The van der Waals surface area contributed by atoms with Gasteiger partial charge < -0.3 is 15.1 Å². The average Bonchev–Trinajstić information content (AvgIpc) is 3.45. The number of nitrogens with zero attached hydrogens (tertiary/aromatic N) is 3. The van der Waals surface area contributed by atoms with Crippen molar-refractivity contribution in [2.45, 2.75) is 6.54 Å². The van der Waals surface area contributed by atoms with Crippen LogP contribution in [0, 0.1) is 0 Å². The molecule has 2 aromatic carbocycles. The molecule has 7 heteroatoms. The molecule has 0 unspecified atom stereocenters. The molecule has 1 fully saturated rings. The van der Waals surface area contributed by atoms with Crippen molar-refractivity contribution in [1.82, 2.24) is 15.2 Å². The summed E-state index contributed by atoms with van der Waals surface area (Å²) in [6, 6.07) is 20.4. The Bertz CT molecular complexity index is 1170. The summed E-state index contributed by atoms with van der Waals surface area (Å²) in [6.07, 6.45) is 0. The number of thiazole rings is 1. The maximum atomic E-state index is 12.8. The van der Waals surface area contributed by atoms with Crippen LogP contribution in [0.25, 0.3) is 20.1 Å². The maximum Gasteiger partial charge on any atom is 0.261 e. The average molecular weight is 449 g/mol. The van der Waals surface area contributed by atoms with Gasteiger partial charge in [0, 0.05) is 38.4 Å². The minimum absolute atomic E-state index is 0.0365. The van der Waals surface area contributed by atoms with Crippen LogP contribution >= 0.6 is 22.7 Å². The molecule has 1 saturated heterocycles. The number of hydrogen-bond acceptors (Lipinski definition) is 6. The van der Waals surface area contributed by atoms with Crippen molar-refractivity contribution in [1.29, 1.82) is 0 Å². The Morgan fingerprint density at radius 3 is 2.58 bits per heavy atom. The van der Waals surface area contributed by atoms with Crippen LogP contribution in [0.3, 0.4) is 0 Å². The van der Waals surface area contributed by atoms with Gasteiger partial charge in [-0.25, -0.2) is 4.98 Å². The smallest absolute Gasteiger partial charge is 0.261 e. The van der Waals surface area contributed by atoms with Gasteiger partial charge >= 0.3 is 0 Å². The standard InChI is InChI=1S/C24H24N4OS2/c1-27-12-14-28(15-13-27)19-8-4-2-6-17(19)16-25-23(29)21-10-11-22(30-21)24-26-18-7-3-5-9-20(18)31-24/h2-11H,12-16H2,1H3,(H,25,29). The molecule has 158 valence electrons. The van der Waals surface area contributed by atoms with Gasteiger partial charge in [-0.05, 0) is 42.9 Å². The highest BCUT2D eigenvalue weighted by Gasteiger charge is 2.18. The fourth-order valence-corrected chi connectivity index (χ4v) is 5.77. The van der Waals surface area contributed by atoms with E-state index >= 15 is 0 Å². The fourth-order valence-electron chi connectivity index (χ4n) is 3.83. The molecule has 0 atom stereocenters. The molecule has 4 aromatic rings. The molecule has 0 aliphatic carbocycles. The number of nitrogens with one attached hydrogen (secondary N) is 1. The third-order valence-electron chi connectivity index (χ3n) is 5.61. The van der Waals surface area contributed by atoms with Crippen LogP contribution in [0.1, 0.15) is 15.2 Å².